The van der Waals surface area contributed by atoms with Crippen LogP contribution in [0, 0.1) is 0 Å². The van der Waals surface area contributed by atoms with Crippen LogP contribution >= 0.6 is 23.2 Å². The van der Waals surface area contributed by atoms with Gasteiger partial charge < -0.3 is 16.2 Å². The van der Waals surface area contributed by atoms with Crippen molar-refractivity contribution in [1.82, 2.24) is 14.7 Å². The lowest BCUT2D eigenvalue weighted by atomic mass is 9.98. The second-order valence-electron chi connectivity index (χ2n) is 8.93. The topological polar surface area (TPSA) is 96.4 Å². The molecule has 1 atom stereocenters. The first-order valence-electron chi connectivity index (χ1n) is 11.6. The molecule has 1 fully saturated rings. The molecule has 34 heavy (non-hydrogen) atoms. The summed E-state index contributed by atoms with van der Waals surface area (Å²) in [6.07, 6.45) is 3.38. The van der Waals surface area contributed by atoms with Crippen molar-refractivity contribution >= 4 is 40.5 Å². The van der Waals surface area contributed by atoms with E-state index in [2.05, 4.69) is 15.3 Å². The van der Waals surface area contributed by atoms with Gasteiger partial charge in [-0.05, 0) is 43.9 Å². The van der Waals surface area contributed by atoms with Crippen LogP contribution in [-0.2, 0) is 6.54 Å². The molecule has 2 aliphatic heterocycles. The van der Waals surface area contributed by atoms with Crippen molar-refractivity contribution < 1.29 is 9.90 Å². The van der Waals surface area contributed by atoms with Crippen molar-refractivity contribution in [1.29, 1.82) is 0 Å². The minimum Gasteiger partial charge on any atom is -0.398 e. The maximum atomic E-state index is 13.1. The number of nitrogens with zero attached hydrogens (tertiary/aromatic N) is 3. The molecule has 2 aromatic carbocycles. The molecule has 1 aromatic heterocycles. The fourth-order valence-corrected chi connectivity index (χ4v) is 5.42. The quantitative estimate of drug-likeness (QED) is 0.439. The number of aryl methyl sites for hydroxylation is 1. The highest BCUT2D eigenvalue weighted by Gasteiger charge is 2.31. The summed E-state index contributed by atoms with van der Waals surface area (Å²) in [4.78, 5) is 15.5. The zero-order chi connectivity index (χ0) is 23.8. The van der Waals surface area contributed by atoms with Crippen LogP contribution in [0.4, 0.5) is 11.4 Å². The summed E-state index contributed by atoms with van der Waals surface area (Å²) in [6, 6.07) is 12.9. The van der Waals surface area contributed by atoms with E-state index in [9.17, 15) is 9.90 Å². The Morgan fingerprint density at radius 2 is 1.74 bits per heavy atom. The largest absolute Gasteiger partial charge is 0.398 e. The van der Waals surface area contributed by atoms with E-state index in [0.29, 0.717) is 38.2 Å². The average molecular weight is 500 g/mol. The number of amides is 1. The van der Waals surface area contributed by atoms with E-state index in [1.165, 1.54) is 0 Å². The van der Waals surface area contributed by atoms with Crippen LogP contribution in [0.1, 0.15) is 47.9 Å². The summed E-state index contributed by atoms with van der Waals surface area (Å²) >= 11 is 13.1. The van der Waals surface area contributed by atoms with Gasteiger partial charge in [0.15, 0.2) is 5.69 Å². The fourth-order valence-electron chi connectivity index (χ4n) is 4.92. The molecule has 1 unspecified atom stereocenters. The smallest absolute Gasteiger partial charge is 0.276 e. The third-order valence-corrected chi connectivity index (χ3v) is 7.57. The van der Waals surface area contributed by atoms with E-state index in [4.69, 9.17) is 28.9 Å². The molecule has 0 spiro atoms. The number of carbonyl (C=O) groups is 1. The Balaban J connectivity index is 1.38. The number of nitrogens with two attached hydrogens (primary N) is 1. The van der Waals surface area contributed by atoms with Gasteiger partial charge in [-0.15, -0.1) is 0 Å². The molecule has 2 aliphatic rings. The molecule has 0 radical (unpaired) electrons. The van der Waals surface area contributed by atoms with Crippen molar-refractivity contribution in [2.75, 3.05) is 24.1 Å². The van der Waals surface area contributed by atoms with Gasteiger partial charge in [-0.1, -0.05) is 47.5 Å². The maximum absolute atomic E-state index is 13.1. The first-order valence-corrected chi connectivity index (χ1v) is 12.3. The van der Waals surface area contributed by atoms with Crippen molar-refractivity contribution in [2.24, 2.45) is 0 Å². The van der Waals surface area contributed by atoms with Gasteiger partial charge in [0.1, 0.15) is 0 Å². The van der Waals surface area contributed by atoms with Crippen molar-refractivity contribution in [2.45, 2.75) is 44.4 Å². The van der Waals surface area contributed by atoms with Crippen LogP contribution in [0.3, 0.4) is 0 Å². The number of benzene rings is 2. The molecule has 3 heterocycles. The van der Waals surface area contributed by atoms with Crippen molar-refractivity contribution in [3.63, 3.8) is 0 Å². The second-order valence-corrected chi connectivity index (χ2v) is 9.69. The number of fused-ring (bicyclic) bond motifs is 1. The first kappa shape index (κ1) is 23.2. The fraction of sp³-hybridized carbons (Fsp3) is 0.360. The molecular formula is C25H27Cl2N5O2. The van der Waals surface area contributed by atoms with E-state index >= 15 is 0 Å². The normalized spacial score (nSPS) is 19.1. The summed E-state index contributed by atoms with van der Waals surface area (Å²) in [5, 5.41) is 18.2. The first-order chi connectivity index (χ1) is 16.4. The van der Waals surface area contributed by atoms with Crippen LogP contribution in [0.25, 0.3) is 11.1 Å². The minimum absolute atomic E-state index is 0.214. The molecule has 0 saturated carbocycles. The minimum atomic E-state index is -0.313. The Labute approximate surface area is 208 Å². The summed E-state index contributed by atoms with van der Waals surface area (Å²) in [6.45, 7) is 2.50. The number of aliphatic hydroxyl groups is 1. The monoisotopic (exact) mass is 499 g/mol. The zero-order valence-electron chi connectivity index (χ0n) is 18.7. The molecule has 4 N–H and O–H groups in total. The third-order valence-electron chi connectivity index (χ3n) is 6.74. The highest BCUT2D eigenvalue weighted by Crippen LogP contribution is 2.39. The highest BCUT2D eigenvalue weighted by atomic mass is 35.5. The standard InChI is InChI=1S/C25H27Cl2N5O2/c26-23-16(4-1-6-18(23)28)17-5-2-7-19(24(17)27)29-25(34)20-14-22-21(8-3-11-32(22)30-20)31-12-9-15(33)10-13-31/h1-2,4-7,14-15,21,33H,3,8-13,28H2,(H,29,34). The summed E-state index contributed by atoms with van der Waals surface area (Å²) < 4.78 is 1.94. The van der Waals surface area contributed by atoms with Gasteiger partial charge in [0.25, 0.3) is 5.91 Å². The summed E-state index contributed by atoms with van der Waals surface area (Å²) in [5.74, 6) is -0.313. The molecule has 7 nitrogen and oxygen atoms in total. The number of rotatable bonds is 4. The Bertz CT molecular complexity index is 1220. The molecule has 5 rings (SSSR count). The van der Waals surface area contributed by atoms with Gasteiger partial charge in [-0.2, -0.15) is 5.10 Å². The van der Waals surface area contributed by atoms with Crippen LogP contribution in [0.5, 0.6) is 0 Å². The lowest BCUT2D eigenvalue weighted by Crippen LogP contribution is -2.40. The maximum Gasteiger partial charge on any atom is 0.276 e. The number of nitrogen functional groups attached to an aromatic ring is 1. The van der Waals surface area contributed by atoms with Crippen LogP contribution in [0.2, 0.25) is 10.0 Å². The van der Waals surface area contributed by atoms with Gasteiger partial charge in [0.05, 0.1) is 39.3 Å². The molecule has 178 valence electrons. The van der Waals surface area contributed by atoms with Gasteiger partial charge in [-0.25, -0.2) is 0 Å². The Morgan fingerprint density at radius 1 is 1.03 bits per heavy atom. The van der Waals surface area contributed by atoms with Crippen LogP contribution in [-0.4, -0.2) is 44.9 Å². The van der Waals surface area contributed by atoms with E-state index in [-0.39, 0.29) is 18.1 Å². The Hall–Kier alpha value is -2.58. The predicted molar refractivity (Wildman–Crippen MR) is 135 cm³/mol. The van der Waals surface area contributed by atoms with Crippen molar-refractivity contribution in [3.8, 4) is 11.1 Å². The molecule has 9 heteroatoms. The van der Waals surface area contributed by atoms with Gasteiger partial charge >= 0.3 is 0 Å². The number of anilines is 2. The average Bonchev–Trinajstić information content (AvgIpc) is 3.28. The number of hydrogen-bond acceptors (Lipinski definition) is 5. The highest BCUT2D eigenvalue weighted by molar-refractivity contribution is 6.39. The number of halogens is 2. The second kappa shape index (κ2) is 9.58. The number of likely N-dealkylation sites (tertiary alicyclic amines) is 1. The predicted octanol–water partition coefficient (Wildman–Crippen LogP) is 4.98. The van der Waals surface area contributed by atoms with Gasteiger partial charge in [0, 0.05) is 30.8 Å². The molecule has 0 aliphatic carbocycles. The summed E-state index contributed by atoms with van der Waals surface area (Å²) in [7, 11) is 0. The third kappa shape index (κ3) is 4.41. The number of hydrogen-bond donors (Lipinski definition) is 3. The van der Waals surface area contributed by atoms with Gasteiger partial charge in [0.2, 0.25) is 0 Å². The Morgan fingerprint density at radius 3 is 2.50 bits per heavy atom. The van der Waals surface area contributed by atoms with Crippen LogP contribution < -0.4 is 11.1 Å². The molecule has 1 saturated heterocycles. The summed E-state index contributed by atoms with van der Waals surface area (Å²) in [5.41, 5.74) is 9.71. The van der Waals surface area contributed by atoms with Gasteiger partial charge in [-0.3, -0.25) is 14.4 Å². The lowest BCUT2D eigenvalue weighted by Gasteiger charge is -2.38. The van der Waals surface area contributed by atoms with E-state index in [0.717, 1.165) is 51.0 Å². The molecule has 0 bridgehead atoms. The van der Waals surface area contributed by atoms with Crippen LogP contribution in [0.15, 0.2) is 42.5 Å². The lowest BCUT2D eigenvalue weighted by molar-refractivity contribution is 0.0512. The van der Waals surface area contributed by atoms with E-state index in [1.54, 1.807) is 12.1 Å². The van der Waals surface area contributed by atoms with Crippen molar-refractivity contribution in [3.05, 3.63) is 63.9 Å². The number of aliphatic hydroxyl groups excluding tert-OH is 1. The SMILES string of the molecule is Nc1cccc(-c2cccc(NC(=O)c3cc4n(n3)CCCC4N3CCC(O)CC3)c2Cl)c1Cl. The molecular weight excluding hydrogens is 473 g/mol. The molecule has 1 amide bonds. The molecule has 3 aromatic rings. The Kier molecular flexibility index (Phi) is 6.53. The van der Waals surface area contributed by atoms with E-state index in [1.807, 2.05) is 35.0 Å². The zero-order valence-corrected chi connectivity index (χ0v) is 20.2. The number of carbonyl (C=O) groups excluding carboxylic acids is 1. The number of aromatic nitrogens is 2. The number of nitrogens with one attached hydrogen (secondary N) is 1. The number of piperidine rings is 1. The van der Waals surface area contributed by atoms with E-state index < -0.39 is 0 Å².